The van der Waals surface area contributed by atoms with E-state index in [1.54, 1.807) is 26.0 Å². The largest absolute Gasteiger partial charge is 0.424 e. The Morgan fingerprint density at radius 3 is 2.15 bits per heavy atom. The van der Waals surface area contributed by atoms with Crippen molar-refractivity contribution in [3.63, 3.8) is 0 Å². The summed E-state index contributed by atoms with van der Waals surface area (Å²) in [6, 6.07) is 14.5. The molecule has 0 amide bonds. The number of aryl methyl sites for hydroxylation is 2. The SMILES string of the molecule is Cc1nc(Oc2ccccc2)nc(C)c1NS(=O)(=O)Cc1ccc(F)cc1. The van der Waals surface area contributed by atoms with Gasteiger partial charge in [-0.3, -0.25) is 4.72 Å². The smallest absolute Gasteiger partial charge is 0.322 e. The molecule has 3 aromatic rings. The highest BCUT2D eigenvalue weighted by Crippen LogP contribution is 2.24. The van der Waals surface area contributed by atoms with Crippen molar-refractivity contribution in [1.29, 1.82) is 0 Å². The maximum atomic E-state index is 13.0. The third kappa shape index (κ3) is 5.01. The number of rotatable bonds is 6. The molecule has 140 valence electrons. The summed E-state index contributed by atoms with van der Waals surface area (Å²) in [5, 5.41) is 0. The van der Waals surface area contributed by atoms with Gasteiger partial charge in [-0.25, -0.2) is 12.8 Å². The minimum Gasteiger partial charge on any atom is -0.424 e. The number of ether oxygens (including phenoxy) is 1. The number of hydrogen-bond acceptors (Lipinski definition) is 5. The summed E-state index contributed by atoms with van der Waals surface area (Å²) in [6.07, 6.45) is 0. The molecule has 2 aromatic carbocycles. The first-order chi connectivity index (χ1) is 12.8. The molecular formula is C19H18FN3O3S. The Morgan fingerprint density at radius 2 is 1.56 bits per heavy atom. The maximum absolute atomic E-state index is 13.0. The third-order valence-corrected chi connectivity index (χ3v) is 4.96. The van der Waals surface area contributed by atoms with E-state index in [2.05, 4.69) is 14.7 Å². The van der Waals surface area contributed by atoms with Crippen LogP contribution in [0.15, 0.2) is 54.6 Å². The number of halogens is 1. The normalized spacial score (nSPS) is 11.2. The topological polar surface area (TPSA) is 81.2 Å². The lowest BCUT2D eigenvalue weighted by Gasteiger charge is -2.13. The molecule has 0 aliphatic heterocycles. The minimum absolute atomic E-state index is 0.137. The summed E-state index contributed by atoms with van der Waals surface area (Å²) in [7, 11) is -3.71. The highest BCUT2D eigenvalue weighted by atomic mass is 32.2. The molecule has 0 aliphatic rings. The lowest BCUT2D eigenvalue weighted by atomic mass is 10.2. The molecule has 1 aromatic heterocycles. The van der Waals surface area contributed by atoms with E-state index in [0.717, 1.165) is 0 Å². The quantitative estimate of drug-likeness (QED) is 0.692. The molecule has 0 radical (unpaired) electrons. The predicted molar refractivity (Wildman–Crippen MR) is 101 cm³/mol. The fourth-order valence-corrected chi connectivity index (χ4v) is 3.77. The number of aromatic nitrogens is 2. The van der Waals surface area contributed by atoms with Crippen molar-refractivity contribution in [2.75, 3.05) is 4.72 Å². The second kappa shape index (κ2) is 7.71. The molecule has 1 N–H and O–H groups in total. The molecule has 6 nitrogen and oxygen atoms in total. The monoisotopic (exact) mass is 387 g/mol. The number of para-hydroxylation sites is 1. The summed E-state index contributed by atoms with van der Waals surface area (Å²) in [6.45, 7) is 3.34. The summed E-state index contributed by atoms with van der Waals surface area (Å²) in [5.74, 6) is -0.117. The van der Waals surface area contributed by atoms with Crippen LogP contribution in [-0.2, 0) is 15.8 Å². The molecule has 0 spiro atoms. The zero-order chi connectivity index (χ0) is 19.4. The van der Waals surface area contributed by atoms with Crippen molar-refractivity contribution >= 4 is 15.7 Å². The van der Waals surface area contributed by atoms with Gasteiger partial charge >= 0.3 is 6.01 Å². The molecular weight excluding hydrogens is 369 g/mol. The Hall–Kier alpha value is -3.00. The van der Waals surface area contributed by atoms with Crippen molar-refractivity contribution in [2.24, 2.45) is 0 Å². The minimum atomic E-state index is -3.71. The van der Waals surface area contributed by atoms with Gasteiger partial charge in [-0.1, -0.05) is 30.3 Å². The number of benzene rings is 2. The van der Waals surface area contributed by atoms with Gasteiger partial charge in [-0.05, 0) is 43.7 Å². The number of sulfonamides is 1. The van der Waals surface area contributed by atoms with Gasteiger partial charge in [-0.2, -0.15) is 9.97 Å². The second-order valence-electron chi connectivity index (χ2n) is 5.95. The highest BCUT2D eigenvalue weighted by molar-refractivity contribution is 7.91. The van der Waals surface area contributed by atoms with Gasteiger partial charge in [-0.15, -0.1) is 0 Å². The summed E-state index contributed by atoms with van der Waals surface area (Å²) in [5.41, 5.74) is 1.66. The van der Waals surface area contributed by atoms with Gasteiger partial charge in [0, 0.05) is 0 Å². The molecule has 0 aliphatic carbocycles. The van der Waals surface area contributed by atoms with E-state index in [1.165, 1.54) is 24.3 Å². The van der Waals surface area contributed by atoms with Gasteiger partial charge in [0.25, 0.3) is 0 Å². The van der Waals surface area contributed by atoms with E-state index >= 15 is 0 Å². The average Bonchev–Trinajstić information content (AvgIpc) is 2.61. The summed E-state index contributed by atoms with van der Waals surface area (Å²) in [4.78, 5) is 8.44. The predicted octanol–water partition coefficient (Wildman–Crippen LogP) is 3.97. The molecule has 1 heterocycles. The average molecular weight is 387 g/mol. The van der Waals surface area contributed by atoms with Crippen molar-refractivity contribution in [3.05, 3.63) is 77.4 Å². The standard InChI is InChI=1S/C19H18FN3O3S/c1-13-18(23-27(24,25)12-15-8-10-16(20)11-9-15)14(2)22-19(21-13)26-17-6-4-3-5-7-17/h3-11,23H,12H2,1-2H3. The number of anilines is 1. The van der Waals surface area contributed by atoms with Crippen LogP contribution in [-0.4, -0.2) is 18.4 Å². The first-order valence-electron chi connectivity index (χ1n) is 8.15. The van der Waals surface area contributed by atoms with Crippen molar-refractivity contribution < 1.29 is 17.5 Å². The van der Waals surface area contributed by atoms with Gasteiger partial charge in [0.05, 0.1) is 22.8 Å². The van der Waals surface area contributed by atoms with Crippen LogP contribution in [0.25, 0.3) is 0 Å². The van der Waals surface area contributed by atoms with Gasteiger partial charge in [0.1, 0.15) is 11.6 Å². The Bertz CT molecular complexity index is 1020. The first kappa shape index (κ1) is 18.8. The second-order valence-corrected chi connectivity index (χ2v) is 7.68. The zero-order valence-electron chi connectivity index (χ0n) is 14.8. The van der Waals surface area contributed by atoms with Crippen molar-refractivity contribution in [3.8, 4) is 11.8 Å². The van der Waals surface area contributed by atoms with Crippen LogP contribution in [0.1, 0.15) is 17.0 Å². The van der Waals surface area contributed by atoms with Gasteiger partial charge < -0.3 is 4.74 Å². The molecule has 0 saturated heterocycles. The van der Waals surface area contributed by atoms with Gasteiger partial charge in [0.15, 0.2) is 0 Å². The van der Waals surface area contributed by atoms with E-state index in [0.29, 0.717) is 28.4 Å². The highest BCUT2D eigenvalue weighted by Gasteiger charge is 2.17. The Kier molecular flexibility index (Phi) is 5.36. The van der Waals surface area contributed by atoms with Crippen LogP contribution < -0.4 is 9.46 Å². The van der Waals surface area contributed by atoms with Crippen LogP contribution in [0.4, 0.5) is 10.1 Å². The molecule has 27 heavy (non-hydrogen) atoms. The fourth-order valence-electron chi connectivity index (χ4n) is 2.46. The molecule has 0 atom stereocenters. The van der Waals surface area contributed by atoms with Crippen LogP contribution in [0, 0.1) is 19.7 Å². The fraction of sp³-hybridized carbons (Fsp3) is 0.158. The van der Waals surface area contributed by atoms with Gasteiger partial charge in [0.2, 0.25) is 10.0 Å². The molecule has 0 unspecified atom stereocenters. The molecule has 0 bridgehead atoms. The van der Waals surface area contributed by atoms with Crippen molar-refractivity contribution in [2.45, 2.75) is 19.6 Å². The van der Waals surface area contributed by atoms with Crippen molar-refractivity contribution in [1.82, 2.24) is 9.97 Å². The van der Waals surface area contributed by atoms with Crippen LogP contribution in [0.3, 0.4) is 0 Å². The van der Waals surface area contributed by atoms with E-state index in [1.807, 2.05) is 18.2 Å². The first-order valence-corrected chi connectivity index (χ1v) is 9.81. The lowest BCUT2D eigenvalue weighted by Crippen LogP contribution is -2.17. The Morgan fingerprint density at radius 1 is 0.963 bits per heavy atom. The summed E-state index contributed by atoms with van der Waals surface area (Å²) >= 11 is 0. The number of hydrogen-bond donors (Lipinski definition) is 1. The lowest BCUT2D eigenvalue weighted by molar-refractivity contribution is 0.439. The van der Waals surface area contributed by atoms with E-state index in [4.69, 9.17) is 4.74 Å². The Labute approximate surface area is 157 Å². The zero-order valence-corrected chi connectivity index (χ0v) is 15.6. The molecule has 0 fully saturated rings. The molecule has 8 heteroatoms. The number of nitrogens with zero attached hydrogens (tertiary/aromatic N) is 2. The molecule has 0 saturated carbocycles. The van der Waals surface area contributed by atoms with E-state index in [9.17, 15) is 12.8 Å². The van der Waals surface area contributed by atoms with Crippen LogP contribution in [0.2, 0.25) is 0 Å². The third-order valence-electron chi connectivity index (χ3n) is 3.73. The number of nitrogens with one attached hydrogen (secondary N) is 1. The summed E-state index contributed by atoms with van der Waals surface area (Å²) < 4.78 is 46.0. The van der Waals surface area contributed by atoms with E-state index < -0.39 is 15.8 Å². The van der Waals surface area contributed by atoms with Crippen LogP contribution >= 0.6 is 0 Å². The van der Waals surface area contributed by atoms with Crippen LogP contribution in [0.5, 0.6) is 11.8 Å². The Balaban J connectivity index is 1.79. The molecule has 3 rings (SSSR count). The van der Waals surface area contributed by atoms with E-state index in [-0.39, 0.29) is 11.8 Å². The maximum Gasteiger partial charge on any atom is 0.322 e.